The summed E-state index contributed by atoms with van der Waals surface area (Å²) in [6.07, 6.45) is 2.78. The normalized spacial score (nSPS) is 23.1. The quantitative estimate of drug-likeness (QED) is 0.796. The molecule has 3 rings (SSSR count). The Morgan fingerprint density at radius 1 is 1.40 bits per heavy atom. The average molecular weight is 296 g/mol. The van der Waals surface area contributed by atoms with Crippen LogP contribution in [0.25, 0.3) is 0 Å². The number of rotatable bonds is 1. The van der Waals surface area contributed by atoms with Gasteiger partial charge in [0.15, 0.2) is 11.6 Å². The zero-order valence-corrected chi connectivity index (χ0v) is 13.2. The van der Waals surface area contributed by atoms with Gasteiger partial charge in [-0.25, -0.2) is 4.98 Å². The fourth-order valence-corrected chi connectivity index (χ4v) is 3.23. The summed E-state index contributed by atoms with van der Waals surface area (Å²) in [6.45, 7) is 10.4. The number of ether oxygens (including phenoxy) is 1. The molecule has 0 aromatic carbocycles. The summed E-state index contributed by atoms with van der Waals surface area (Å²) >= 11 is 6.17. The molecule has 20 heavy (non-hydrogen) atoms. The number of pyridine rings is 1. The van der Waals surface area contributed by atoms with Gasteiger partial charge in [-0.2, -0.15) is 0 Å². The van der Waals surface area contributed by atoms with E-state index < -0.39 is 0 Å². The van der Waals surface area contributed by atoms with Crippen molar-refractivity contribution in [2.75, 3.05) is 31.1 Å². The molecule has 110 valence electrons. The first-order valence-electron chi connectivity index (χ1n) is 7.36. The smallest absolute Gasteiger partial charge is 0.172 e. The Kier molecular flexibility index (Phi) is 3.78. The van der Waals surface area contributed by atoms with E-state index in [1.807, 2.05) is 6.92 Å². The minimum Gasteiger partial charge on any atom is -0.489 e. The Bertz CT molecular complexity index is 506. The summed E-state index contributed by atoms with van der Waals surface area (Å²) in [5.41, 5.74) is 1.00. The number of hydrogen-bond acceptors (Lipinski definition) is 4. The maximum Gasteiger partial charge on any atom is 0.172 e. The van der Waals surface area contributed by atoms with Crippen LogP contribution in [0.2, 0.25) is 5.02 Å². The van der Waals surface area contributed by atoms with Gasteiger partial charge in [0.2, 0.25) is 0 Å². The monoisotopic (exact) mass is 295 g/mol. The van der Waals surface area contributed by atoms with Gasteiger partial charge in [0.25, 0.3) is 0 Å². The standard InChI is InChI=1S/C15H22ClN3O/c1-10(2)18-5-6-19-12(9-18)4-7-20-14-11(3)13(16)8-17-15(14)19/h8,10,12H,4-7,9H2,1-3H3/t12-/m0/s1. The van der Waals surface area contributed by atoms with Gasteiger partial charge in [0, 0.05) is 49.9 Å². The Hall–Kier alpha value is -1.00. The van der Waals surface area contributed by atoms with Crippen molar-refractivity contribution in [2.24, 2.45) is 0 Å². The number of hydrogen-bond donors (Lipinski definition) is 0. The van der Waals surface area contributed by atoms with Crippen LogP contribution in [0.5, 0.6) is 5.75 Å². The van der Waals surface area contributed by atoms with Crippen molar-refractivity contribution in [1.82, 2.24) is 9.88 Å². The summed E-state index contributed by atoms with van der Waals surface area (Å²) in [6, 6.07) is 1.08. The second-order valence-corrected chi connectivity index (χ2v) is 6.36. The van der Waals surface area contributed by atoms with E-state index in [0.29, 0.717) is 17.1 Å². The fourth-order valence-electron chi connectivity index (χ4n) is 3.10. The van der Waals surface area contributed by atoms with Crippen LogP contribution in [0.4, 0.5) is 5.82 Å². The minimum absolute atomic E-state index is 0.487. The highest BCUT2D eigenvalue weighted by atomic mass is 35.5. The van der Waals surface area contributed by atoms with Crippen molar-refractivity contribution in [1.29, 1.82) is 0 Å². The van der Waals surface area contributed by atoms with Gasteiger partial charge in [-0.15, -0.1) is 0 Å². The zero-order chi connectivity index (χ0) is 14.3. The van der Waals surface area contributed by atoms with Crippen molar-refractivity contribution in [3.05, 3.63) is 16.8 Å². The van der Waals surface area contributed by atoms with E-state index in [1.54, 1.807) is 6.20 Å². The number of piperazine rings is 1. The predicted octanol–water partition coefficient (Wildman–Crippen LogP) is 2.72. The second-order valence-electron chi connectivity index (χ2n) is 5.96. The predicted molar refractivity (Wildman–Crippen MR) is 81.9 cm³/mol. The molecule has 1 saturated heterocycles. The average Bonchev–Trinajstić information content (AvgIpc) is 2.61. The first-order chi connectivity index (χ1) is 9.58. The van der Waals surface area contributed by atoms with Crippen LogP contribution in [-0.4, -0.2) is 48.2 Å². The van der Waals surface area contributed by atoms with E-state index in [4.69, 9.17) is 16.3 Å². The van der Waals surface area contributed by atoms with Crippen LogP contribution in [0.15, 0.2) is 6.20 Å². The van der Waals surface area contributed by atoms with Crippen molar-refractivity contribution in [3.63, 3.8) is 0 Å². The van der Waals surface area contributed by atoms with Crippen LogP contribution < -0.4 is 9.64 Å². The van der Waals surface area contributed by atoms with E-state index in [9.17, 15) is 0 Å². The van der Waals surface area contributed by atoms with Crippen molar-refractivity contribution >= 4 is 17.4 Å². The van der Waals surface area contributed by atoms with Crippen LogP contribution in [0, 0.1) is 6.92 Å². The van der Waals surface area contributed by atoms with Crippen molar-refractivity contribution in [2.45, 2.75) is 39.3 Å². The molecule has 0 saturated carbocycles. The van der Waals surface area contributed by atoms with Crippen LogP contribution in [-0.2, 0) is 0 Å². The largest absolute Gasteiger partial charge is 0.489 e. The molecule has 0 N–H and O–H groups in total. The SMILES string of the molecule is Cc1c(Cl)cnc2c1OCC[C@H]1CN(C(C)C)CCN21. The van der Waals surface area contributed by atoms with E-state index in [2.05, 4.69) is 28.6 Å². The summed E-state index contributed by atoms with van der Waals surface area (Å²) in [5.74, 6) is 1.84. The van der Waals surface area contributed by atoms with Gasteiger partial charge in [-0.05, 0) is 20.8 Å². The molecule has 1 aromatic heterocycles. The molecule has 0 spiro atoms. The molecule has 5 heteroatoms. The maximum atomic E-state index is 6.17. The van der Waals surface area contributed by atoms with Gasteiger partial charge in [-0.1, -0.05) is 11.6 Å². The Balaban J connectivity index is 1.93. The lowest BCUT2D eigenvalue weighted by Gasteiger charge is -2.42. The molecule has 3 heterocycles. The van der Waals surface area contributed by atoms with Crippen LogP contribution in [0.1, 0.15) is 25.8 Å². The molecule has 0 bridgehead atoms. The van der Waals surface area contributed by atoms with Gasteiger partial charge in [-0.3, -0.25) is 4.90 Å². The topological polar surface area (TPSA) is 28.6 Å². The van der Waals surface area contributed by atoms with Crippen molar-refractivity contribution < 1.29 is 4.74 Å². The van der Waals surface area contributed by atoms with E-state index in [0.717, 1.165) is 49.8 Å². The third-order valence-corrected chi connectivity index (χ3v) is 4.80. The number of fused-ring (bicyclic) bond motifs is 3. The van der Waals surface area contributed by atoms with Gasteiger partial charge in [0.05, 0.1) is 11.6 Å². The molecule has 2 aliphatic heterocycles. The Labute approximate surface area is 125 Å². The molecular weight excluding hydrogens is 274 g/mol. The number of aromatic nitrogens is 1. The summed E-state index contributed by atoms with van der Waals surface area (Å²) < 4.78 is 5.94. The molecule has 1 atom stereocenters. The van der Waals surface area contributed by atoms with E-state index >= 15 is 0 Å². The molecule has 4 nitrogen and oxygen atoms in total. The Morgan fingerprint density at radius 2 is 2.20 bits per heavy atom. The zero-order valence-electron chi connectivity index (χ0n) is 12.4. The van der Waals surface area contributed by atoms with Crippen molar-refractivity contribution in [3.8, 4) is 5.75 Å². The molecule has 0 amide bonds. The summed E-state index contributed by atoms with van der Waals surface area (Å²) in [7, 11) is 0. The molecule has 1 fully saturated rings. The van der Waals surface area contributed by atoms with Gasteiger partial charge in [0.1, 0.15) is 0 Å². The van der Waals surface area contributed by atoms with E-state index in [1.165, 1.54) is 0 Å². The number of nitrogens with zero attached hydrogens (tertiary/aromatic N) is 3. The summed E-state index contributed by atoms with van der Waals surface area (Å²) in [5, 5.41) is 0.683. The molecule has 1 aromatic rings. The van der Waals surface area contributed by atoms with Crippen LogP contribution in [0.3, 0.4) is 0 Å². The lowest BCUT2D eigenvalue weighted by atomic mass is 10.1. The molecule has 0 radical (unpaired) electrons. The fraction of sp³-hybridized carbons (Fsp3) is 0.667. The third-order valence-electron chi connectivity index (χ3n) is 4.42. The lowest BCUT2D eigenvalue weighted by molar-refractivity contribution is 0.172. The lowest BCUT2D eigenvalue weighted by Crippen LogP contribution is -2.55. The van der Waals surface area contributed by atoms with Gasteiger partial charge >= 0.3 is 0 Å². The molecular formula is C15H22ClN3O. The maximum absolute atomic E-state index is 6.17. The highest BCUT2D eigenvalue weighted by molar-refractivity contribution is 6.31. The number of anilines is 1. The minimum atomic E-state index is 0.487. The molecule has 0 aliphatic carbocycles. The van der Waals surface area contributed by atoms with Crippen LogP contribution >= 0.6 is 11.6 Å². The second kappa shape index (κ2) is 5.41. The third kappa shape index (κ3) is 2.35. The first kappa shape index (κ1) is 14.0. The molecule has 0 unspecified atom stereocenters. The highest BCUT2D eigenvalue weighted by Crippen LogP contribution is 2.38. The summed E-state index contributed by atoms with van der Waals surface area (Å²) in [4.78, 5) is 9.49. The molecule has 2 aliphatic rings. The van der Waals surface area contributed by atoms with E-state index in [-0.39, 0.29) is 0 Å². The number of halogens is 1. The van der Waals surface area contributed by atoms with Gasteiger partial charge < -0.3 is 9.64 Å². The Morgan fingerprint density at radius 3 is 2.95 bits per heavy atom. The first-order valence-corrected chi connectivity index (χ1v) is 7.74. The highest BCUT2D eigenvalue weighted by Gasteiger charge is 2.33.